The molecule has 0 aliphatic heterocycles. The molecule has 0 saturated heterocycles. The van der Waals surface area contributed by atoms with Crippen LogP contribution in [0.3, 0.4) is 0 Å². The van der Waals surface area contributed by atoms with E-state index in [1.165, 1.54) is 19.3 Å². The molecule has 0 amide bonds. The molecule has 0 nitrogen and oxygen atoms in total. The van der Waals surface area contributed by atoms with Crippen molar-refractivity contribution in [3.63, 3.8) is 0 Å². The average molecular weight is 161 g/mol. The molecule has 0 aromatic rings. The Labute approximate surface area is 76.7 Å². The van der Waals surface area contributed by atoms with E-state index in [0.717, 1.165) is 29.9 Å². The van der Waals surface area contributed by atoms with Gasteiger partial charge in [-0.3, -0.25) is 0 Å². The lowest BCUT2D eigenvalue weighted by Crippen LogP contribution is -2.39. The molecule has 65 valence electrons. The molecule has 12 heavy (non-hydrogen) atoms. The highest BCUT2D eigenvalue weighted by molar-refractivity contribution is 6.38. The fraction of sp³-hybridized carbons (Fsp3) is 0.818. The van der Waals surface area contributed by atoms with E-state index in [4.69, 9.17) is 0 Å². The van der Waals surface area contributed by atoms with Crippen LogP contribution >= 0.6 is 0 Å². The molecule has 3 aliphatic rings. The molecular formula is C11H18B. The van der Waals surface area contributed by atoms with E-state index >= 15 is 0 Å². The molecule has 0 heterocycles. The summed E-state index contributed by atoms with van der Waals surface area (Å²) in [6, 6.07) is 0. The monoisotopic (exact) mass is 161 g/mol. The van der Waals surface area contributed by atoms with Crippen LogP contribution in [0.15, 0.2) is 12.7 Å². The molecule has 3 rings (SSSR count). The Morgan fingerprint density at radius 1 is 1.42 bits per heavy atom. The Morgan fingerprint density at radius 3 is 2.75 bits per heavy atom. The third-order valence-corrected chi connectivity index (χ3v) is 3.90. The second-order valence-corrected chi connectivity index (χ2v) is 4.62. The molecule has 3 fully saturated rings. The molecule has 2 bridgehead atoms. The summed E-state index contributed by atoms with van der Waals surface area (Å²) in [5.74, 6) is 4.00. The summed E-state index contributed by atoms with van der Waals surface area (Å²) in [7, 11) is 2.48. The molecule has 3 aliphatic carbocycles. The van der Waals surface area contributed by atoms with Crippen LogP contribution in [-0.2, 0) is 0 Å². The Hall–Kier alpha value is -0.195. The maximum atomic E-state index is 3.77. The molecule has 0 spiro atoms. The molecular weight excluding hydrogens is 143 g/mol. The van der Waals surface area contributed by atoms with Crippen molar-refractivity contribution in [1.82, 2.24) is 0 Å². The lowest BCUT2D eigenvalue weighted by Gasteiger charge is -2.50. The van der Waals surface area contributed by atoms with E-state index in [1.807, 2.05) is 6.08 Å². The molecule has 2 atom stereocenters. The van der Waals surface area contributed by atoms with Crippen LogP contribution in [0.2, 0.25) is 12.1 Å². The molecule has 0 aromatic heterocycles. The first-order valence-electron chi connectivity index (χ1n) is 5.25. The zero-order valence-corrected chi connectivity index (χ0v) is 8.00. The maximum absolute atomic E-state index is 3.77. The predicted molar refractivity (Wildman–Crippen MR) is 54.5 cm³/mol. The third kappa shape index (κ3) is 1.34. The second-order valence-electron chi connectivity index (χ2n) is 4.62. The van der Waals surface area contributed by atoms with Crippen molar-refractivity contribution >= 4 is 7.28 Å². The zero-order chi connectivity index (χ0) is 8.55. The highest BCUT2D eigenvalue weighted by atomic mass is 14.5. The van der Waals surface area contributed by atoms with Crippen LogP contribution < -0.4 is 0 Å². The topological polar surface area (TPSA) is 0 Å². The summed E-state index contributed by atoms with van der Waals surface area (Å²) in [5, 5.41) is 0. The minimum atomic E-state index is 0.903. The SMILES string of the molecule is C=CC[B][C@H]1CC2CC(C2)C1C. The van der Waals surface area contributed by atoms with Gasteiger partial charge in [0.05, 0.1) is 0 Å². The molecule has 0 N–H and O–H groups in total. The van der Waals surface area contributed by atoms with E-state index in [2.05, 4.69) is 20.8 Å². The lowest BCUT2D eigenvalue weighted by atomic mass is 9.44. The number of allylic oxidation sites excluding steroid dienone is 1. The van der Waals surface area contributed by atoms with Crippen molar-refractivity contribution in [2.24, 2.45) is 17.8 Å². The standard InChI is InChI=1S/C11H18B/c1-3-4-12-11-7-9-5-10(6-9)8(11)2/h3,8-11H,1,4-7H2,2H3/t8?,9?,10?,11-/m0/s1. The highest BCUT2D eigenvalue weighted by Crippen LogP contribution is 2.53. The summed E-state index contributed by atoms with van der Waals surface area (Å²) in [4.78, 5) is 0. The second kappa shape index (κ2) is 3.28. The Morgan fingerprint density at radius 2 is 2.17 bits per heavy atom. The van der Waals surface area contributed by atoms with Crippen LogP contribution in [0, 0.1) is 17.8 Å². The van der Waals surface area contributed by atoms with Gasteiger partial charge in [-0.25, -0.2) is 0 Å². The summed E-state index contributed by atoms with van der Waals surface area (Å²) >= 11 is 0. The van der Waals surface area contributed by atoms with Gasteiger partial charge < -0.3 is 0 Å². The van der Waals surface area contributed by atoms with Crippen molar-refractivity contribution in [3.05, 3.63) is 12.7 Å². The Bertz CT molecular complexity index is 170. The highest BCUT2D eigenvalue weighted by Gasteiger charge is 2.42. The van der Waals surface area contributed by atoms with Gasteiger partial charge in [-0.2, -0.15) is 0 Å². The first kappa shape index (κ1) is 8.41. The fourth-order valence-corrected chi connectivity index (χ4v) is 2.94. The van der Waals surface area contributed by atoms with E-state index in [1.54, 1.807) is 0 Å². The van der Waals surface area contributed by atoms with Gasteiger partial charge in [0.15, 0.2) is 0 Å². The van der Waals surface area contributed by atoms with Crippen LogP contribution in [0.25, 0.3) is 0 Å². The van der Waals surface area contributed by atoms with Crippen molar-refractivity contribution in [1.29, 1.82) is 0 Å². The smallest absolute Gasteiger partial charge is 0.104 e. The number of fused-ring (bicyclic) bond motifs is 2. The van der Waals surface area contributed by atoms with Gasteiger partial charge in [0.1, 0.15) is 7.28 Å². The van der Waals surface area contributed by atoms with E-state index in [-0.39, 0.29) is 0 Å². The minimum Gasteiger partial charge on any atom is -0.104 e. The maximum Gasteiger partial charge on any atom is 0.118 e. The van der Waals surface area contributed by atoms with Gasteiger partial charge in [-0.1, -0.05) is 31.6 Å². The molecule has 1 heteroatoms. The minimum absolute atomic E-state index is 0.903. The van der Waals surface area contributed by atoms with E-state index in [0.29, 0.717) is 0 Å². The van der Waals surface area contributed by atoms with E-state index < -0.39 is 0 Å². The number of hydrogen-bond acceptors (Lipinski definition) is 0. The fourth-order valence-electron chi connectivity index (χ4n) is 2.94. The first-order chi connectivity index (χ1) is 5.81. The van der Waals surface area contributed by atoms with Crippen molar-refractivity contribution in [2.75, 3.05) is 0 Å². The Balaban J connectivity index is 1.85. The molecule has 0 aromatic carbocycles. The van der Waals surface area contributed by atoms with Crippen molar-refractivity contribution in [2.45, 2.75) is 38.3 Å². The summed E-state index contributed by atoms with van der Waals surface area (Å²) in [6.07, 6.45) is 7.64. The molecule has 1 unspecified atom stereocenters. The van der Waals surface area contributed by atoms with Crippen LogP contribution in [0.1, 0.15) is 26.2 Å². The largest absolute Gasteiger partial charge is 0.118 e. The van der Waals surface area contributed by atoms with Gasteiger partial charge in [0.25, 0.3) is 0 Å². The third-order valence-electron chi connectivity index (χ3n) is 3.90. The molecule has 3 saturated carbocycles. The average Bonchev–Trinajstić information content (AvgIpc) is 2.00. The summed E-state index contributed by atoms with van der Waals surface area (Å²) in [5.41, 5.74) is 0. The van der Waals surface area contributed by atoms with Crippen LogP contribution in [0.5, 0.6) is 0 Å². The summed E-state index contributed by atoms with van der Waals surface area (Å²) < 4.78 is 0. The van der Waals surface area contributed by atoms with Gasteiger partial charge in [-0.15, -0.1) is 6.58 Å². The lowest BCUT2D eigenvalue weighted by molar-refractivity contribution is 0.0599. The van der Waals surface area contributed by atoms with E-state index in [9.17, 15) is 0 Å². The summed E-state index contributed by atoms with van der Waals surface area (Å²) in [6.45, 7) is 6.20. The zero-order valence-electron chi connectivity index (χ0n) is 8.00. The van der Waals surface area contributed by atoms with Gasteiger partial charge in [0.2, 0.25) is 0 Å². The quantitative estimate of drug-likeness (QED) is 0.440. The van der Waals surface area contributed by atoms with Gasteiger partial charge in [0, 0.05) is 0 Å². The Kier molecular flexibility index (Phi) is 2.30. The van der Waals surface area contributed by atoms with Crippen LogP contribution in [-0.4, -0.2) is 7.28 Å². The molecule has 1 radical (unpaired) electrons. The van der Waals surface area contributed by atoms with Crippen LogP contribution in [0.4, 0.5) is 0 Å². The van der Waals surface area contributed by atoms with Gasteiger partial charge >= 0.3 is 0 Å². The number of hydrogen-bond donors (Lipinski definition) is 0. The normalized spacial score (nSPS) is 44.8. The first-order valence-corrected chi connectivity index (χ1v) is 5.25. The number of rotatable bonds is 3. The van der Waals surface area contributed by atoms with Gasteiger partial charge in [-0.05, 0) is 30.6 Å². The van der Waals surface area contributed by atoms with Crippen molar-refractivity contribution in [3.8, 4) is 0 Å². The van der Waals surface area contributed by atoms with Crippen molar-refractivity contribution < 1.29 is 0 Å². The predicted octanol–water partition coefficient (Wildman–Crippen LogP) is 3.15.